The normalized spacial score (nSPS) is 21.4. The number of aromatic nitrogens is 1. The van der Waals surface area contributed by atoms with E-state index in [0.717, 1.165) is 11.3 Å². The van der Waals surface area contributed by atoms with E-state index >= 15 is 0 Å². The molecule has 1 heterocycles. The van der Waals surface area contributed by atoms with Crippen molar-refractivity contribution < 1.29 is 14.3 Å². The van der Waals surface area contributed by atoms with E-state index in [2.05, 4.69) is 4.98 Å². The minimum atomic E-state index is -0.269. The lowest BCUT2D eigenvalue weighted by atomic mass is 10.1. The van der Waals surface area contributed by atoms with Gasteiger partial charge in [-0.15, -0.1) is 0 Å². The van der Waals surface area contributed by atoms with E-state index in [4.69, 9.17) is 26.8 Å². The SMILES string of the molecule is COC(c1cnc(Oc2ccc(Cl)cc2)s1)C1CC1C(N)=O. The van der Waals surface area contributed by atoms with Crippen LogP contribution < -0.4 is 10.5 Å². The van der Waals surface area contributed by atoms with Crippen LogP contribution in [0.5, 0.6) is 10.9 Å². The van der Waals surface area contributed by atoms with E-state index in [-0.39, 0.29) is 23.8 Å². The Hall–Kier alpha value is -1.63. The molecule has 1 aliphatic rings. The smallest absolute Gasteiger partial charge is 0.278 e. The Morgan fingerprint density at radius 2 is 2.18 bits per heavy atom. The summed E-state index contributed by atoms with van der Waals surface area (Å²) in [5.41, 5.74) is 5.34. The molecular weight excluding hydrogens is 324 g/mol. The van der Waals surface area contributed by atoms with Gasteiger partial charge in [-0.25, -0.2) is 4.98 Å². The van der Waals surface area contributed by atoms with Crippen molar-refractivity contribution in [3.05, 3.63) is 40.4 Å². The number of methoxy groups -OCH3 is 1. The van der Waals surface area contributed by atoms with Crippen LogP contribution in [0.1, 0.15) is 17.4 Å². The molecule has 1 saturated carbocycles. The number of benzene rings is 1. The molecule has 3 atom stereocenters. The first kappa shape index (κ1) is 15.3. The summed E-state index contributed by atoms with van der Waals surface area (Å²) in [4.78, 5) is 16.4. The second-order valence-electron chi connectivity index (χ2n) is 5.15. The first-order valence-corrected chi connectivity index (χ1v) is 7.99. The number of nitrogens with zero attached hydrogens (tertiary/aromatic N) is 1. The summed E-state index contributed by atoms with van der Waals surface area (Å²) >= 11 is 7.24. The van der Waals surface area contributed by atoms with E-state index in [0.29, 0.717) is 16.0 Å². The van der Waals surface area contributed by atoms with Gasteiger partial charge in [0, 0.05) is 30.2 Å². The van der Waals surface area contributed by atoms with Gasteiger partial charge in [0.25, 0.3) is 5.19 Å². The molecule has 1 amide bonds. The highest BCUT2D eigenvalue weighted by Gasteiger charge is 2.48. The van der Waals surface area contributed by atoms with Crippen LogP contribution in [0.15, 0.2) is 30.5 Å². The Morgan fingerprint density at radius 1 is 1.45 bits per heavy atom. The van der Waals surface area contributed by atoms with Gasteiger partial charge >= 0.3 is 0 Å². The number of primary amides is 1. The fraction of sp³-hybridized carbons (Fsp3) is 0.333. The average molecular weight is 339 g/mol. The van der Waals surface area contributed by atoms with Crippen LogP contribution in [0.4, 0.5) is 0 Å². The summed E-state index contributed by atoms with van der Waals surface area (Å²) in [5, 5.41) is 1.17. The molecule has 3 rings (SSSR count). The molecule has 1 aromatic heterocycles. The Labute approximate surface area is 137 Å². The van der Waals surface area contributed by atoms with Crippen molar-refractivity contribution in [3.63, 3.8) is 0 Å². The molecule has 0 saturated heterocycles. The minimum Gasteiger partial charge on any atom is -0.431 e. The van der Waals surface area contributed by atoms with Gasteiger partial charge in [-0.3, -0.25) is 4.79 Å². The molecule has 2 aromatic rings. The molecular formula is C15H15ClN2O3S. The molecule has 3 unspecified atom stereocenters. The third kappa shape index (κ3) is 3.24. The highest BCUT2D eigenvalue weighted by molar-refractivity contribution is 7.13. The zero-order valence-corrected chi connectivity index (χ0v) is 13.4. The fourth-order valence-corrected chi connectivity index (χ4v) is 3.49. The summed E-state index contributed by atoms with van der Waals surface area (Å²) in [6.45, 7) is 0. The summed E-state index contributed by atoms with van der Waals surface area (Å²) in [7, 11) is 1.63. The fourth-order valence-electron chi connectivity index (χ4n) is 2.43. The van der Waals surface area contributed by atoms with Crippen molar-refractivity contribution in [3.8, 4) is 10.9 Å². The lowest BCUT2D eigenvalue weighted by molar-refractivity contribution is -0.119. The molecule has 0 spiro atoms. The number of hydrogen-bond acceptors (Lipinski definition) is 5. The van der Waals surface area contributed by atoms with Crippen molar-refractivity contribution in [2.45, 2.75) is 12.5 Å². The van der Waals surface area contributed by atoms with Crippen LogP contribution in [-0.4, -0.2) is 18.0 Å². The highest BCUT2D eigenvalue weighted by atomic mass is 35.5. The molecule has 0 aliphatic heterocycles. The second-order valence-corrected chi connectivity index (χ2v) is 6.61. The quantitative estimate of drug-likeness (QED) is 0.876. The third-order valence-corrected chi connectivity index (χ3v) is 4.84. The number of halogens is 1. The van der Waals surface area contributed by atoms with Crippen molar-refractivity contribution in [1.82, 2.24) is 4.98 Å². The van der Waals surface area contributed by atoms with Crippen LogP contribution in [0.25, 0.3) is 0 Å². The van der Waals surface area contributed by atoms with Crippen LogP contribution in [0, 0.1) is 11.8 Å². The standard InChI is InChI=1S/C15H15ClN2O3S/c1-20-13(10-6-11(10)14(17)19)12-7-18-15(22-12)21-9-4-2-8(16)3-5-9/h2-5,7,10-11,13H,6H2,1H3,(H2,17,19). The van der Waals surface area contributed by atoms with Gasteiger partial charge in [0.15, 0.2) is 0 Å². The molecule has 116 valence electrons. The van der Waals surface area contributed by atoms with E-state index in [1.54, 1.807) is 37.6 Å². The number of ether oxygens (including phenoxy) is 2. The zero-order chi connectivity index (χ0) is 15.7. The molecule has 7 heteroatoms. The molecule has 1 aliphatic carbocycles. The number of nitrogens with two attached hydrogens (primary N) is 1. The predicted octanol–water partition coefficient (Wildman–Crippen LogP) is 3.40. The number of hydrogen-bond donors (Lipinski definition) is 1. The first-order valence-electron chi connectivity index (χ1n) is 6.79. The van der Waals surface area contributed by atoms with E-state index in [9.17, 15) is 4.79 Å². The molecule has 1 aromatic carbocycles. The number of amides is 1. The maximum atomic E-state index is 11.2. The third-order valence-electron chi connectivity index (χ3n) is 3.65. The van der Waals surface area contributed by atoms with Gasteiger partial charge in [-0.1, -0.05) is 22.9 Å². The highest BCUT2D eigenvalue weighted by Crippen LogP contribution is 2.50. The minimum absolute atomic E-state index is 0.104. The lowest BCUT2D eigenvalue weighted by Gasteiger charge is -2.11. The van der Waals surface area contributed by atoms with E-state index in [1.807, 2.05) is 0 Å². The molecule has 22 heavy (non-hydrogen) atoms. The van der Waals surface area contributed by atoms with Crippen LogP contribution >= 0.6 is 22.9 Å². The van der Waals surface area contributed by atoms with Crippen molar-refractivity contribution in [2.75, 3.05) is 7.11 Å². The zero-order valence-electron chi connectivity index (χ0n) is 11.9. The van der Waals surface area contributed by atoms with Crippen LogP contribution in [0.3, 0.4) is 0 Å². The summed E-state index contributed by atoms with van der Waals surface area (Å²) in [6.07, 6.45) is 2.32. The van der Waals surface area contributed by atoms with Gasteiger partial charge in [-0.2, -0.15) is 0 Å². The van der Waals surface area contributed by atoms with Gasteiger partial charge in [0.1, 0.15) is 5.75 Å². The Kier molecular flexibility index (Phi) is 4.33. The number of rotatable bonds is 6. The van der Waals surface area contributed by atoms with Gasteiger partial charge in [0.2, 0.25) is 5.91 Å². The second kappa shape index (κ2) is 6.24. The first-order chi connectivity index (χ1) is 10.6. The van der Waals surface area contributed by atoms with Crippen molar-refractivity contribution in [2.24, 2.45) is 17.6 Å². The molecule has 0 radical (unpaired) electrons. The largest absolute Gasteiger partial charge is 0.431 e. The number of carbonyl (C=O) groups excluding carboxylic acids is 1. The number of thiazole rings is 1. The number of carbonyl (C=O) groups is 1. The Morgan fingerprint density at radius 3 is 2.77 bits per heavy atom. The topological polar surface area (TPSA) is 74.4 Å². The average Bonchev–Trinajstić information content (AvgIpc) is 3.15. The predicted molar refractivity (Wildman–Crippen MR) is 84.2 cm³/mol. The van der Waals surface area contributed by atoms with Crippen molar-refractivity contribution >= 4 is 28.8 Å². The van der Waals surface area contributed by atoms with Crippen LogP contribution in [0.2, 0.25) is 5.02 Å². The monoisotopic (exact) mass is 338 g/mol. The van der Waals surface area contributed by atoms with E-state index < -0.39 is 0 Å². The summed E-state index contributed by atoms with van der Waals surface area (Å²) in [6, 6.07) is 7.07. The molecule has 0 bridgehead atoms. The Balaban J connectivity index is 1.70. The van der Waals surface area contributed by atoms with E-state index in [1.165, 1.54) is 11.3 Å². The maximum absolute atomic E-state index is 11.2. The van der Waals surface area contributed by atoms with Gasteiger partial charge in [0.05, 0.1) is 11.0 Å². The van der Waals surface area contributed by atoms with Gasteiger partial charge in [-0.05, 0) is 30.7 Å². The molecule has 2 N–H and O–H groups in total. The molecule has 5 nitrogen and oxygen atoms in total. The molecule has 1 fully saturated rings. The Bertz CT molecular complexity index is 674. The summed E-state index contributed by atoms with van der Waals surface area (Å²) < 4.78 is 11.2. The summed E-state index contributed by atoms with van der Waals surface area (Å²) in [5.74, 6) is 0.425. The van der Waals surface area contributed by atoms with Gasteiger partial charge < -0.3 is 15.2 Å². The van der Waals surface area contributed by atoms with Crippen LogP contribution in [-0.2, 0) is 9.53 Å². The maximum Gasteiger partial charge on any atom is 0.278 e. The van der Waals surface area contributed by atoms with Crippen molar-refractivity contribution in [1.29, 1.82) is 0 Å². The lowest BCUT2D eigenvalue weighted by Crippen LogP contribution is -2.16.